The molecule has 0 aliphatic carbocycles. The third-order valence-electron chi connectivity index (χ3n) is 3.31. The smallest absolute Gasteiger partial charge is 0.193 e. The monoisotopic (exact) mass is 302 g/mol. The Morgan fingerprint density at radius 1 is 1.29 bits per heavy atom. The molecule has 1 aromatic heterocycles. The van der Waals surface area contributed by atoms with E-state index in [0.717, 1.165) is 23.5 Å². The highest BCUT2D eigenvalue weighted by molar-refractivity contribution is 7.11. The van der Waals surface area contributed by atoms with Crippen LogP contribution in [0, 0.1) is 6.92 Å². The molecule has 21 heavy (non-hydrogen) atoms. The van der Waals surface area contributed by atoms with Crippen LogP contribution < -0.4 is 11.1 Å². The fourth-order valence-corrected chi connectivity index (χ4v) is 2.91. The van der Waals surface area contributed by atoms with E-state index >= 15 is 0 Å². The maximum Gasteiger partial charge on any atom is 0.193 e. The number of rotatable bonds is 5. The van der Waals surface area contributed by atoms with Crippen LogP contribution in [0.2, 0.25) is 0 Å². The Kier molecular flexibility index (Phi) is 5.33. The molecule has 0 bridgehead atoms. The summed E-state index contributed by atoms with van der Waals surface area (Å²) in [6.45, 7) is 6.85. The normalized spacial score (nSPS) is 11.7. The van der Waals surface area contributed by atoms with Crippen molar-refractivity contribution in [2.45, 2.75) is 40.2 Å². The number of benzene rings is 1. The largest absolute Gasteiger partial charge is 0.370 e. The highest BCUT2D eigenvalue weighted by Gasteiger charge is 2.07. The second kappa shape index (κ2) is 7.22. The summed E-state index contributed by atoms with van der Waals surface area (Å²) in [5.74, 6) is 0.443. The van der Waals surface area contributed by atoms with Gasteiger partial charge in [0, 0.05) is 16.8 Å². The molecule has 112 valence electrons. The summed E-state index contributed by atoms with van der Waals surface area (Å²) in [7, 11) is 0. The lowest BCUT2D eigenvalue weighted by molar-refractivity contribution is 1.03. The van der Waals surface area contributed by atoms with Crippen molar-refractivity contribution in [1.82, 2.24) is 4.98 Å². The molecule has 0 saturated carbocycles. The summed E-state index contributed by atoms with van der Waals surface area (Å²) in [6.07, 6.45) is 3.80. The number of nitrogens with zero attached hydrogens (tertiary/aromatic N) is 2. The molecule has 1 aromatic carbocycles. The number of aliphatic imine (C=N–C) groups is 1. The van der Waals surface area contributed by atoms with Crippen LogP contribution in [0.25, 0.3) is 0 Å². The molecule has 0 unspecified atom stereocenters. The van der Waals surface area contributed by atoms with Crippen molar-refractivity contribution in [3.8, 4) is 0 Å². The number of aryl methyl sites for hydroxylation is 3. The van der Waals surface area contributed by atoms with E-state index in [9.17, 15) is 0 Å². The number of anilines is 1. The van der Waals surface area contributed by atoms with E-state index in [-0.39, 0.29) is 0 Å². The van der Waals surface area contributed by atoms with Gasteiger partial charge in [-0.2, -0.15) is 0 Å². The molecule has 2 rings (SSSR count). The van der Waals surface area contributed by atoms with E-state index < -0.39 is 0 Å². The molecule has 4 nitrogen and oxygen atoms in total. The molecule has 3 N–H and O–H groups in total. The molecular weight excluding hydrogens is 280 g/mol. The van der Waals surface area contributed by atoms with E-state index in [4.69, 9.17) is 5.73 Å². The van der Waals surface area contributed by atoms with Crippen LogP contribution in [0.4, 0.5) is 5.69 Å². The molecule has 0 amide bonds. The first-order valence-electron chi connectivity index (χ1n) is 7.23. The van der Waals surface area contributed by atoms with Crippen LogP contribution in [0.15, 0.2) is 29.4 Å². The van der Waals surface area contributed by atoms with Gasteiger partial charge < -0.3 is 11.1 Å². The second-order valence-electron chi connectivity index (χ2n) is 4.85. The fraction of sp³-hybridized carbons (Fsp3) is 0.375. The van der Waals surface area contributed by atoms with Gasteiger partial charge in [0.25, 0.3) is 0 Å². The van der Waals surface area contributed by atoms with Crippen molar-refractivity contribution in [2.75, 3.05) is 5.32 Å². The zero-order valence-electron chi connectivity index (χ0n) is 12.8. The van der Waals surface area contributed by atoms with Crippen LogP contribution in [0.5, 0.6) is 0 Å². The van der Waals surface area contributed by atoms with Crippen molar-refractivity contribution < 1.29 is 0 Å². The van der Waals surface area contributed by atoms with Crippen molar-refractivity contribution in [3.63, 3.8) is 0 Å². The third-order valence-corrected chi connectivity index (χ3v) is 4.20. The summed E-state index contributed by atoms with van der Waals surface area (Å²) in [6, 6.07) is 6.34. The van der Waals surface area contributed by atoms with Crippen molar-refractivity contribution in [1.29, 1.82) is 0 Å². The molecule has 1 heterocycles. The first-order valence-corrected chi connectivity index (χ1v) is 8.04. The Morgan fingerprint density at radius 2 is 1.95 bits per heavy atom. The maximum absolute atomic E-state index is 6.02. The van der Waals surface area contributed by atoms with Crippen LogP contribution in [-0.4, -0.2) is 10.9 Å². The molecule has 5 heteroatoms. The summed E-state index contributed by atoms with van der Waals surface area (Å²) in [5, 5.41) is 4.25. The summed E-state index contributed by atoms with van der Waals surface area (Å²) in [4.78, 5) is 9.87. The number of hydrogen-bond donors (Lipinski definition) is 2. The van der Waals surface area contributed by atoms with Crippen LogP contribution in [-0.2, 0) is 19.4 Å². The zero-order chi connectivity index (χ0) is 15.2. The topological polar surface area (TPSA) is 63.3 Å². The molecule has 0 aliphatic heterocycles. The minimum absolute atomic E-state index is 0.443. The van der Waals surface area contributed by atoms with Gasteiger partial charge in [0.2, 0.25) is 0 Å². The first-order chi connectivity index (χ1) is 10.1. The van der Waals surface area contributed by atoms with Gasteiger partial charge in [0.15, 0.2) is 5.96 Å². The molecule has 0 radical (unpaired) electrons. The van der Waals surface area contributed by atoms with E-state index in [0.29, 0.717) is 12.5 Å². The van der Waals surface area contributed by atoms with E-state index in [1.54, 1.807) is 11.3 Å². The standard InChI is InChI=1S/C16H22N4S/c1-4-12-7-6-8-13(5-2)15(12)20-16(17)19-10-14-18-9-11(3)21-14/h6-9H,4-5,10H2,1-3H3,(H3,17,19,20). The average Bonchev–Trinajstić information content (AvgIpc) is 2.91. The molecular formula is C16H22N4S. The average molecular weight is 302 g/mol. The maximum atomic E-state index is 6.02. The van der Waals surface area contributed by atoms with Gasteiger partial charge in [0.1, 0.15) is 5.01 Å². The van der Waals surface area contributed by atoms with Crippen LogP contribution >= 0.6 is 11.3 Å². The van der Waals surface area contributed by atoms with E-state index in [1.807, 2.05) is 13.1 Å². The molecule has 2 aromatic rings. The van der Waals surface area contributed by atoms with Crippen molar-refractivity contribution in [3.05, 3.63) is 45.4 Å². The molecule has 0 saturated heterocycles. The lowest BCUT2D eigenvalue weighted by Gasteiger charge is -2.14. The summed E-state index contributed by atoms with van der Waals surface area (Å²) in [5.41, 5.74) is 9.64. The highest BCUT2D eigenvalue weighted by atomic mass is 32.1. The molecule has 0 fully saturated rings. The molecule has 0 atom stereocenters. The summed E-state index contributed by atoms with van der Waals surface area (Å²) >= 11 is 1.65. The number of nitrogens with one attached hydrogen (secondary N) is 1. The van der Waals surface area contributed by atoms with Crippen LogP contribution in [0.1, 0.15) is 34.9 Å². The Hall–Kier alpha value is -1.88. The molecule has 0 aliphatic rings. The quantitative estimate of drug-likeness (QED) is 0.656. The number of aromatic nitrogens is 1. The van der Waals surface area contributed by atoms with Crippen LogP contribution in [0.3, 0.4) is 0 Å². The molecule has 0 spiro atoms. The van der Waals surface area contributed by atoms with Gasteiger partial charge in [-0.3, -0.25) is 0 Å². The number of nitrogens with two attached hydrogens (primary N) is 1. The van der Waals surface area contributed by atoms with Crippen molar-refractivity contribution >= 4 is 23.0 Å². The summed E-state index contributed by atoms with van der Waals surface area (Å²) < 4.78 is 0. The number of para-hydroxylation sites is 1. The third kappa shape index (κ3) is 4.04. The number of thiazole rings is 1. The lowest BCUT2D eigenvalue weighted by atomic mass is 10.0. The van der Waals surface area contributed by atoms with Crippen molar-refractivity contribution in [2.24, 2.45) is 10.7 Å². The van der Waals surface area contributed by atoms with E-state index in [2.05, 4.69) is 47.3 Å². The predicted molar refractivity (Wildman–Crippen MR) is 91.0 cm³/mol. The van der Waals surface area contributed by atoms with Gasteiger partial charge in [0.05, 0.1) is 6.54 Å². The zero-order valence-corrected chi connectivity index (χ0v) is 13.6. The predicted octanol–water partition coefficient (Wildman–Crippen LogP) is 3.50. The number of guanidine groups is 1. The Labute approximate surface area is 130 Å². The second-order valence-corrected chi connectivity index (χ2v) is 6.17. The Bertz CT molecular complexity index is 609. The minimum Gasteiger partial charge on any atom is -0.370 e. The van der Waals surface area contributed by atoms with Gasteiger partial charge in [-0.25, -0.2) is 9.98 Å². The van der Waals surface area contributed by atoms with Gasteiger partial charge in [-0.15, -0.1) is 11.3 Å². The highest BCUT2D eigenvalue weighted by Crippen LogP contribution is 2.22. The van der Waals surface area contributed by atoms with Gasteiger partial charge >= 0.3 is 0 Å². The van der Waals surface area contributed by atoms with Gasteiger partial charge in [-0.05, 0) is 30.9 Å². The SMILES string of the molecule is CCc1cccc(CC)c1NC(N)=NCc1ncc(C)s1. The fourth-order valence-electron chi connectivity index (χ4n) is 2.20. The minimum atomic E-state index is 0.443. The Balaban J connectivity index is 2.13. The lowest BCUT2D eigenvalue weighted by Crippen LogP contribution is -2.24. The van der Waals surface area contributed by atoms with E-state index in [1.165, 1.54) is 16.0 Å². The number of hydrogen-bond acceptors (Lipinski definition) is 3. The Morgan fingerprint density at radius 3 is 2.48 bits per heavy atom. The first kappa shape index (κ1) is 15.5. The van der Waals surface area contributed by atoms with Gasteiger partial charge in [-0.1, -0.05) is 32.0 Å².